The minimum Gasteiger partial charge on any atom is -0.379 e. The molecule has 1 N–H and O–H groups in total. The molecular formula is C15H33NO. The first-order chi connectivity index (χ1) is 8.31. The van der Waals surface area contributed by atoms with Gasteiger partial charge in [-0.05, 0) is 45.7 Å². The lowest BCUT2D eigenvalue weighted by atomic mass is 10.1. The third kappa shape index (κ3) is 13.9. The Kier molecular flexibility index (Phi) is 13.9. The number of rotatable bonds is 13. The first-order valence-corrected chi connectivity index (χ1v) is 7.63. The molecule has 0 aliphatic heterocycles. The minimum absolute atomic E-state index is 0.459. The molecular weight excluding hydrogens is 210 g/mol. The fourth-order valence-corrected chi connectivity index (χ4v) is 1.93. The summed E-state index contributed by atoms with van der Waals surface area (Å²) in [6.07, 6.45) is 10.9. The van der Waals surface area contributed by atoms with Crippen LogP contribution in [0.25, 0.3) is 0 Å². The molecule has 0 heterocycles. The van der Waals surface area contributed by atoms with Gasteiger partial charge in [-0.15, -0.1) is 0 Å². The number of nitrogens with one attached hydrogen (secondary N) is 1. The van der Waals surface area contributed by atoms with Gasteiger partial charge in [-0.3, -0.25) is 0 Å². The lowest BCUT2D eigenvalue weighted by molar-refractivity contribution is 0.0558. The predicted octanol–water partition coefficient (Wildman–Crippen LogP) is 4.14. The van der Waals surface area contributed by atoms with Crippen molar-refractivity contribution in [2.75, 3.05) is 19.7 Å². The fraction of sp³-hybridized carbons (Fsp3) is 1.00. The van der Waals surface area contributed by atoms with E-state index in [-0.39, 0.29) is 0 Å². The molecule has 0 aromatic heterocycles. The van der Waals surface area contributed by atoms with Gasteiger partial charge in [0.15, 0.2) is 0 Å². The highest BCUT2D eigenvalue weighted by Crippen LogP contribution is 2.08. The van der Waals surface area contributed by atoms with E-state index in [1.54, 1.807) is 0 Å². The Bertz CT molecular complexity index is 139. The second-order valence-electron chi connectivity index (χ2n) is 4.94. The van der Waals surface area contributed by atoms with Gasteiger partial charge in [0.1, 0.15) is 0 Å². The van der Waals surface area contributed by atoms with Crippen LogP contribution in [0.15, 0.2) is 0 Å². The molecule has 0 rings (SSSR count). The molecule has 17 heavy (non-hydrogen) atoms. The average molecular weight is 243 g/mol. The number of ether oxygens (including phenoxy) is 1. The highest BCUT2D eigenvalue weighted by molar-refractivity contribution is 4.52. The molecule has 0 spiro atoms. The van der Waals surface area contributed by atoms with Gasteiger partial charge < -0.3 is 10.1 Å². The smallest absolute Gasteiger partial charge is 0.0547 e. The molecule has 1 unspecified atom stereocenters. The molecule has 0 aliphatic rings. The highest BCUT2D eigenvalue weighted by Gasteiger charge is 2.01. The lowest BCUT2D eigenvalue weighted by Gasteiger charge is -2.12. The molecule has 0 saturated carbocycles. The van der Waals surface area contributed by atoms with E-state index >= 15 is 0 Å². The Morgan fingerprint density at radius 1 is 0.941 bits per heavy atom. The van der Waals surface area contributed by atoms with Gasteiger partial charge in [-0.2, -0.15) is 0 Å². The standard InChI is InChI=1S/C15H33NO/c1-4-6-7-9-12-15(3)17-14-11-8-10-13-16-5-2/h15-16H,4-14H2,1-3H3. The zero-order valence-corrected chi connectivity index (χ0v) is 12.3. The fourth-order valence-electron chi connectivity index (χ4n) is 1.93. The summed E-state index contributed by atoms with van der Waals surface area (Å²) < 4.78 is 5.81. The van der Waals surface area contributed by atoms with Gasteiger partial charge in [-0.1, -0.05) is 39.5 Å². The molecule has 0 fully saturated rings. The van der Waals surface area contributed by atoms with E-state index < -0.39 is 0 Å². The van der Waals surface area contributed by atoms with Crippen LogP contribution in [0.3, 0.4) is 0 Å². The SMILES string of the molecule is CCCCCCC(C)OCCCCCNCC. The van der Waals surface area contributed by atoms with Gasteiger partial charge in [0.25, 0.3) is 0 Å². The number of unbranched alkanes of at least 4 members (excludes halogenated alkanes) is 5. The highest BCUT2D eigenvalue weighted by atomic mass is 16.5. The third-order valence-electron chi connectivity index (χ3n) is 3.11. The van der Waals surface area contributed by atoms with Crippen molar-refractivity contribution in [2.45, 2.75) is 78.2 Å². The summed E-state index contributed by atoms with van der Waals surface area (Å²) >= 11 is 0. The van der Waals surface area contributed by atoms with E-state index in [1.165, 1.54) is 51.4 Å². The van der Waals surface area contributed by atoms with Crippen molar-refractivity contribution >= 4 is 0 Å². The number of hydrogen-bond acceptors (Lipinski definition) is 2. The molecule has 104 valence electrons. The van der Waals surface area contributed by atoms with Crippen LogP contribution in [0, 0.1) is 0 Å². The van der Waals surface area contributed by atoms with Crippen LogP contribution in [-0.4, -0.2) is 25.8 Å². The van der Waals surface area contributed by atoms with Gasteiger partial charge in [0, 0.05) is 6.61 Å². The normalized spacial score (nSPS) is 12.9. The zero-order valence-electron chi connectivity index (χ0n) is 12.3. The van der Waals surface area contributed by atoms with E-state index in [4.69, 9.17) is 4.74 Å². The van der Waals surface area contributed by atoms with Crippen molar-refractivity contribution < 1.29 is 4.74 Å². The quantitative estimate of drug-likeness (QED) is 0.491. The van der Waals surface area contributed by atoms with Crippen LogP contribution in [0.4, 0.5) is 0 Å². The minimum atomic E-state index is 0.459. The average Bonchev–Trinajstić information content (AvgIpc) is 2.33. The van der Waals surface area contributed by atoms with Crippen molar-refractivity contribution in [1.82, 2.24) is 5.32 Å². The molecule has 0 aliphatic carbocycles. The Morgan fingerprint density at radius 2 is 1.71 bits per heavy atom. The lowest BCUT2D eigenvalue weighted by Crippen LogP contribution is -2.14. The monoisotopic (exact) mass is 243 g/mol. The Balaban J connectivity index is 3.08. The van der Waals surface area contributed by atoms with E-state index in [9.17, 15) is 0 Å². The van der Waals surface area contributed by atoms with E-state index in [0.29, 0.717) is 6.10 Å². The molecule has 0 bridgehead atoms. The maximum Gasteiger partial charge on any atom is 0.0547 e. The van der Waals surface area contributed by atoms with E-state index in [0.717, 1.165) is 19.7 Å². The van der Waals surface area contributed by atoms with Crippen molar-refractivity contribution in [3.63, 3.8) is 0 Å². The largest absolute Gasteiger partial charge is 0.379 e. The molecule has 0 amide bonds. The summed E-state index contributed by atoms with van der Waals surface area (Å²) in [4.78, 5) is 0. The van der Waals surface area contributed by atoms with Gasteiger partial charge in [0.05, 0.1) is 6.10 Å². The third-order valence-corrected chi connectivity index (χ3v) is 3.11. The first kappa shape index (κ1) is 16.9. The maximum absolute atomic E-state index is 5.81. The predicted molar refractivity (Wildman–Crippen MR) is 76.6 cm³/mol. The van der Waals surface area contributed by atoms with E-state index in [1.807, 2.05) is 0 Å². The molecule has 1 atom stereocenters. The van der Waals surface area contributed by atoms with Crippen molar-refractivity contribution in [3.05, 3.63) is 0 Å². The van der Waals surface area contributed by atoms with Crippen LogP contribution < -0.4 is 5.32 Å². The van der Waals surface area contributed by atoms with Crippen LogP contribution in [0.2, 0.25) is 0 Å². The maximum atomic E-state index is 5.81. The van der Waals surface area contributed by atoms with Crippen molar-refractivity contribution in [3.8, 4) is 0 Å². The second-order valence-corrected chi connectivity index (χ2v) is 4.94. The molecule has 0 aromatic carbocycles. The molecule has 0 saturated heterocycles. The second kappa shape index (κ2) is 14.0. The Labute approximate surface area is 109 Å². The van der Waals surface area contributed by atoms with Crippen molar-refractivity contribution in [2.24, 2.45) is 0 Å². The summed E-state index contributed by atoms with van der Waals surface area (Å²) in [5.41, 5.74) is 0. The Morgan fingerprint density at radius 3 is 2.41 bits per heavy atom. The first-order valence-electron chi connectivity index (χ1n) is 7.63. The molecule has 0 radical (unpaired) electrons. The topological polar surface area (TPSA) is 21.3 Å². The molecule has 0 aromatic rings. The molecule has 2 nitrogen and oxygen atoms in total. The van der Waals surface area contributed by atoms with Gasteiger partial charge in [-0.25, -0.2) is 0 Å². The summed E-state index contributed by atoms with van der Waals surface area (Å²) in [5, 5.41) is 3.35. The Hall–Kier alpha value is -0.0800. The summed E-state index contributed by atoms with van der Waals surface area (Å²) in [6.45, 7) is 9.82. The van der Waals surface area contributed by atoms with Gasteiger partial charge in [0.2, 0.25) is 0 Å². The van der Waals surface area contributed by atoms with Crippen LogP contribution >= 0.6 is 0 Å². The van der Waals surface area contributed by atoms with Crippen LogP contribution in [0.1, 0.15) is 72.1 Å². The zero-order chi connectivity index (χ0) is 12.8. The summed E-state index contributed by atoms with van der Waals surface area (Å²) in [6, 6.07) is 0. The van der Waals surface area contributed by atoms with Crippen LogP contribution in [-0.2, 0) is 4.74 Å². The number of hydrogen-bond donors (Lipinski definition) is 1. The summed E-state index contributed by atoms with van der Waals surface area (Å²) in [7, 11) is 0. The molecule has 2 heteroatoms. The van der Waals surface area contributed by atoms with E-state index in [2.05, 4.69) is 26.1 Å². The summed E-state index contributed by atoms with van der Waals surface area (Å²) in [5.74, 6) is 0. The van der Waals surface area contributed by atoms with Crippen LogP contribution in [0.5, 0.6) is 0 Å². The van der Waals surface area contributed by atoms with Gasteiger partial charge >= 0.3 is 0 Å². The van der Waals surface area contributed by atoms with Crippen molar-refractivity contribution in [1.29, 1.82) is 0 Å².